The number of imidazole rings is 1. The van der Waals surface area contributed by atoms with Crippen LogP contribution in [0.5, 0.6) is 0 Å². The largest absolute Gasteiger partial charge is 0.326 e. The number of carbonyl (C=O) groups excluding carboxylic acids is 1. The number of rotatable bonds is 0. The topological polar surface area (TPSA) is 54.9 Å². The van der Waals surface area contributed by atoms with Crippen molar-refractivity contribution in [1.29, 1.82) is 0 Å². The number of halogens is 1. The van der Waals surface area contributed by atoms with E-state index < -0.39 is 0 Å². The third-order valence-corrected chi connectivity index (χ3v) is 4.14. The molecule has 0 spiro atoms. The quantitative estimate of drug-likeness (QED) is 0.591. The van der Waals surface area contributed by atoms with E-state index in [0.717, 1.165) is 11.0 Å². The fourth-order valence-electron chi connectivity index (χ4n) is 2.17. The average molecular weight is 328 g/mol. The van der Waals surface area contributed by atoms with E-state index in [1.165, 1.54) is 0 Å². The molecule has 1 aromatic heterocycles. The smallest absolute Gasteiger partial charge is 0.306 e. The first-order chi connectivity index (χ1) is 7.68. The Balaban J connectivity index is 2.46. The molecule has 0 radical (unpaired) electrons. The number of H-pyrrole nitrogens is 1. The number of hydrogen-bond donors (Lipinski definition) is 1. The molecule has 0 saturated heterocycles. The second-order valence-electron chi connectivity index (χ2n) is 3.90. The van der Waals surface area contributed by atoms with Gasteiger partial charge in [0.05, 0.1) is 15.0 Å². The highest BCUT2D eigenvalue weighted by Gasteiger charge is 2.25. The minimum Gasteiger partial charge on any atom is -0.306 e. The van der Waals surface area contributed by atoms with Crippen molar-refractivity contribution in [1.82, 2.24) is 9.55 Å². The Morgan fingerprint density at radius 1 is 1.38 bits per heavy atom. The van der Waals surface area contributed by atoms with E-state index >= 15 is 0 Å². The van der Waals surface area contributed by atoms with Crippen LogP contribution < -0.4 is 5.69 Å². The molecule has 5 heteroatoms. The van der Waals surface area contributed by atoms with Crippen LogP contribution in [0, 0.1) is 0 Å². The van der Waals surface area contributed by atoms with E-state index in [2.05, 4.69) is 27.6 Å². The zero-order valence-corrected chi connectivity index (χ0v) is 10.5. The maximum Gasteiger partial charge on any atom is 0.326 e. The van der Waals surface area contributed by atoms with Gasteiger partial charge in [-0.05, 0) is 18.6 Å². The van der Waals surface area contributed by atoms with Gasteiger partial charge in [0, 0.05) is 12.1 Å². The third-order valence-electron chi connectivity index (χ3n) is 2.95. The molecule has 0 fully saturated rings. The van der Waals surface area contributed by atoms with Crippen molar-refractivity contribution in [3.63, 3.8) is 0 Å². The Morgan fingerprint density at radius 3 is 3.00 bits per heavy atom. The number of aryl methyl sites for hydroxylation is 1. The Morgan fingerprint density at radius 2 is 2.19 bits per heavy atom. The monoisotopic (exact) mass is 328 g/mol. The van der Waals surface area contributed by atoms with Gasteiger partial charge in [-0.3, -0.25) is 9.36 Å². The molecule has 4 nitrogen and oxygen atoms in total. The van der Waals surface area contributed by atoms with Crippen molar-refractivity contribution in [2.24, 2.45) is 0 Å². The number of aromatic amines is 1. The molecule has 1 aliphatic heterocycles. The highest BCUT2D eigenvalue weighted by Crippen LogP contribution is 2.25. The maximum atomic E-state index is 12.1. The molecule has 0 bridgehead atoms. The zero-order valence-electron chi connectivity index (χ0n) is 8.37. The van der Waals surface area contributed by atoms with E-state index in [1.54, 1.807) is 10.6 Å². The van der Waals surface area contributed by atoms with Gasteiger partial charge in [0.2, 0.25) is 0 Å². The first kappa shape index (κ1) is 10.1. The van der Waals surface area contributed by atoms with Crippen LogP contribution in [0.2, 0.25) is 0 Å². The van der Waals surface area contributed by atoms with Crippen LogP contribution in [0.1, 0.15) is 16.8 Å². The van der Waals surface area contributed by atoms with E-state index in [9.17, 15) is 9.59 Å². The van der Waals surface area contributed by atoms with Crippen LogP contribution in [-0.4, -0.2) is 19.3 Å². The minimum atomic E-state index is -0.124. The van der Waals surface area contributed by atoms with Crippen molar-refractivity contribution in [2.75, 3.05) is 0 Å². The molecule has 0 aliphatic carbocycles. The molecule has 1 atom stereocenters. The van der Waals surface area contributed by atoms with Crippen LogP contribution in [0.15, 0.2) is 23.0 Å². The van der Waals surface area contributed by atoms with Crippen LogP contribution in [0.4, 0.5) is 0 Å². The SMILES string of the molecule is O=C1c2cccc3[nH]c(=O)n(c23)CCC1I. The number of nitrogens with one attached hydrogen (secondary N) is 1. The lowest BCUT2D eigenvalue weighted by molar-refractivity contribution is 0.0994. The van der Waals surface area contributed by atoms with Gasteiger partial charge in [0.1, 0.15) is 0 Å². The molecular weight excluding hydrogens is 319 g/mol. The van der Waals surface area contributed by atoms with Crippen molar-refractivity contribution in [2.45, 2.75) is 16.9 Å². The highest BCUT2D eigenvalue weighted by molar-refractivity contribution is 14.1. The standard InChI is InChI=1S/C11H9IN2O2/c12-7-4-5-14-9-6(10(7)15)2-1-3-8(9)13-11(14)16/h1-3,7H,4-5H2,(H,13,16). The predicted molar refractivity (Wildman–Crippen MR) is 69.3 cm³/mol. The molecule has 1 unspecified atom stereocenters. The highest BCUT2D eigenvalue weighted by atomic mass is 127. The molecule has 2 heterocycles. The number of aromatic nitrogens is 2. The van der Waals surface area contributed by atoms with Gasteiger partial charge in [0.25, 0.3) is 0 Å². The van der Waals surface area contributed by atoms with Crippen LogP contribution in [-0.2, 0) is 6.54 Å². The lowest BCUT2D eigenvalue weighted by Gasteiger charge is -2.03. The number of Topliss-reactive ketones (excluding diaryl/α,β-unsaturated/α-hetero) is 1. The molecule has 3 rings (SSSR count). The Kier molecular flexibility index (Phi) is 2.17. The number of benzene rings is 1. The molecule has 82 valence electrons. The number of alkyl halides is 1. The number of hydrogen-bond acceptors (Lipinski definition) is 2. The molecule has 16 heavy (non-hydrogen) atoms. The van der Waals surface area contributed by atoms with E-state index in [1.807, 2.05) is 12.1 Å². The third kappa shape index (κ3) is 1.27. The molecule has 2 aromatic rings. The summed E-state index contributed by atoms with van der Waals surface area (Å²) in [6, 6.07) is 5.44. The van der Waals surface area contributed by atoms with Crippen molar-refractivity contribution >= 4 is 39.4 Å². The van der Waals surface area contributed by atoms with Gasteiger partial charge in [-0.25, -0.2) is 4.79 Å². The number of nitrogens with zero attached hydrogens (tertiary/aromatic N) is 1. The number of ketones is 1. The normalized spacial score (nSPS) is 20.1. The number of para-hydroxylation sites is 1. The van der Waals surface area contributed by atoms with E-state index in [4.69, 9.17) is 0 Å². The number of carbonyl (C=O) groups is 1. The van der Waals surface area contributed by atoms with Gasteiger partial charge in [-0.15, -0.1) is 0 Å². The van der Waals surface area contributed by atoms with Gasteiger partial charge >= 0.3 is 5.69 Å². The molecule has 0 amide bonds. The van der Waals surface area contributed by atoms with Gasteiger partial charge in [-0.1, -0.05) is 28.7 Å². The Labute approximate surface area is 105 Å². The van der Waals surface area contributed by atoms with Crippen molar-refractivity contribution < 1.29 is 4.79 Å². The molecule has 1 aliphatic rings. The van der Waals surface area contributed by atoms with Gasteiger partial charge in [-0.2, -0.15) is 0 Å². The second kappa shape index (κ2) is 3.44. The summed E-state index contributed by atoms with van der Waals surface area (Å²) in [7, 11) is 0. The summed E-state index contributed by atoms with van der Waals surface area (Å²) in [5.41, 5.74) is 2.05. The lowest BCUT2D eigenvalue weighted by atomic mass is 10.1. The first-order valence-electron chi connectivity index (χ1n) is 5.08. The summed E-state index contributed by atoms with van der Waals surface area (Å²) in [5.74, 6) is 0.122. The maximum absolute atomic E-state index is 12.1. The summed E-state index contributed by atoms with van der Waals surface area (Å²) >= 11 is 2.15. The summed E-state index contributed by atoms with van der Waals surface area (Å²) in [5, 5.41) is 0. The predicted octanol–water partition coefficient (Wildman–Crippen LogP) is 1.72. The summed E-state index contributed by atoms with van der Waals surface area (Å²) in [4.78, 5) is 26.6. The Bertz CT molecular complexity index is 641. The zero-order chi connectivity index (χ0) is 11.3. The van der Waals surface area contributed by atoms with Crippen LogP contribution >= 0.6 is 22.6 Å². The summed E-state index contributed by atoms with van der Waals surface area (Å²) in [6.45, 7) is 0.606. The molecule has 1 N–H and O–H groups in total. The summed E-state index contributed by atoms with van der Waals surface area (Å²) in [6.07, 6.45) is 0.709. The molecule has 0 saturated carbocycles. The molecular formula is C11H9IN2O2. The van der Waals surface area contributed by atoms with E-state index in [0.29, 0.717) is 18.5 Å². The molecule has 1 aromatic carbocycles. The fourth-order valence-corrected chi connectivity index (χ4v) is 2.79. The van der Waals surface area contributed by atoms with Crippen molar-refractivity contribution in [3.05, 3.63) is 34.2 Å². The summed E-state index contributed by atoms with van der Waals surface area (Å²) < 4.78 is 1.63. The second-order valence-corrected chi connectivity index (χ2v) is 5.41. The van der Waals surface area contributed by atoms with Crippen LogP contribution in [0.25, 0.3) is 11.0 Å². The van der Waals surface area contributed by atoms with Gasteiger partial charge in [0.15, 0.2) is 5.78 Å². The first-order valence-corrected chi connectivity index (χ1v) is 6.33. The Hall–Kier alpha value is -1.11. The average Bonchev–Trinajstić information content (AvgIpc) is 2.53. The van der Waals surface area contributed by atoms with Crippen LogP contribution in [0.3, 0.4) is 0 Å². The van der Waals surface area contributed by atoms with E-state index in [-0.39, 0.29) is 15.4 Å². The minimum absolute atomic E-state index is 0.0394. The lowest BCUT2D eigenvalue weighted by Crippen LogP contribution is -2.18. The van der Waals surface area contributed by atoms with Crippen molar-refractivity contribution in [3.8, 4) is 0 Å². The fraction of sp³-hybridized carbons (Fsp3) is 0.273. The van der Waals surface area contributed by atoms with Gasteiger partial charge < -0.3 is 4.98 Å².